The topological polar surface area (TPSA) is 76.4 Å². The zero-order chi connectivity index (χ0) is 20.8. The van der Waals surface area contributed by atoms with Crippen LogP contribution in [-0.4, -0.2) is 57.4 Å². The molecule has 156 valence electrons. The van der Waals surface area contributed by atoms with E-state index in [0.29, 0.717) is 32.1 Å². The number of carbonyl (C=O) groups is 1. The molecule has 2 aromatic carbocycles. The van der Waals surface area contributed by atoms with E-state index in [1.165, 1.54) is 0 Å². The third-order valence-electron chi connectivity index (χ3n) is 5.19. The molecule has 1 aromatic heterocycles. The van der Waals surface area contributed by atoms with Crippen LogP contribution in [0.2, 0.25) is 0 Å². The molecule has 8 heteroatoms. The molecule has 0 spiro atoms. The minimum absolute atomic E-state index is 0.249. The van der Waals surface area contributed by atoms with Crippen molar-refractivity contribution >= 4 is 11.8 Å². The van der Waals surface area contributed by atoms with Crippen molar-refractivity contribution in [3.05, 3.63) is 60.2 Å². The normalized spacial score (nSPS) is 14.4. The second-order valence-electron chi connectivity index (χ2n) is 7.22. The lowest BCUT2D eigenvalue weighted by molar-refractivity contribution is 0.0986. The average molecular weight is 406 g/mol. The molecular formula is C22H26N6O2. The predicted molar refractivity (Wildman–Crippen MR) is 114 cm³/mol. The molecule has 0 atom stereocenters. The van der Waals surface area contributed by atoms with Crippen molar-refractivity contribution in [2.24, 2.45) is 0 Å². The van der Waals surface area contributed by atoms with Crippen LogP contribution in [0, 0.1) is 0 Å². The smallest absolute Gasteiger partial charge is 0.410 e. The molecule has 1 aliphatic heterocycles. The summed E-state index contributed by atoms with van der Waals surface area (Å²) in [7, 11) is 0. The van der Waals surface area contributed by atoms with E-state index < -0.39 is 0 Å². The zero-order valence-electron chi connectivity index (χ0n) is 17.1. The molecule has 0 bridgehead atoms. The fourth-order valence-electron chi connectivity index (χ4n) is 3.48. The molecule has 0 saturated carbocycles. The Labute approximate surface area is 176 Å². The Morgan fingerprint density at radius 1 is 1.00 bits per heavy atom. The Morgan fingerprint density at radius 2 is 1.80 bits per heavy atom. The number of aryl methyl sites for hydroxylation is 1. The van der Waals surface area contributed by atoms with Crippen molar-refractivity contribution in [3.8, 4) is 11.4 Å². The molecule has 1 aliphatic rings. The highest BCUT2D eigenvalue weighted by atomic mass is 16.6. The maximum absolute atomic E-state index is 12.5. The van der Waals surface area contributed by atoms with E-state index in [1.807, 2.05) is 49.4 Å². The van der Waals surface area contributed by atoms with E-state index >= 15 is 0 Å². The molecule has 0 unspecified atom stereocenters. The van der Waals surface area contributed by atoms with Crippen LogP contribution in [0.3, 0.4) is 0 Å². The molecule has 1 saturated heterocycles. The van der Waals surface area contributed by atoms with Crippen LogP contribution in [0.5, 0.6) is 0 Å². The van der Waals surface area contributed by atoms with Crippen molar-refractivity contribution in [2.75, 3.05) is 31.1 Å². The highest BCUT2D eigenvalue weighted by molar-refractivity contribution is 5.68. The van der Waals surface area contributed by atoms with Gasteiger partial charge in [0, 0.05) is 37.4 Å². The zero-order valence-corrected chi connectivity index (χ0v) is 17.1. The minimum atomic E-state index is -0.249. The average Bonchev–Trinajstić information content (AvgIpc) is 3.15. The number of ether oxygens (including phenoxy) is 1. The number of carbonyl (C=O) groups excluding carboxylic acids is 1. The van der Waals surface area contributed by atoms with Crippen LogP contribution in [0.1, 0.15) is 18.9 Å². The minimum Gasteiger partial charge on any atom is -0.445 e. The van der Waals surface area contributed by atoms with Gasteiger partial charge in [0.05, 0.1) is 6.54 Å². The largest absolute Gasteiger partial charge is 0.445 e. The van der Waals surface area contributed by atoms with Gasteiger partial charge >= 0.3 is 6.09 Å². The maximum atomic E-state index is 12.5. The van der Waals surface area contributed by atoms with E-state index in [2.05, 4.69) is 32.4 Å². The van der Waals surface area contributed by atoms with E-state index in [9.17, 15) is 4.79 Å². The number of tetrazole rings is 1. The standard InChI is InChI=1S/C22H26N6O2/c1-2-28-24-21(23-25-28)19-9-11-20(12-10-19)26-13-6-14-27(16-15-26)22(29)30-17-18-7-4-3-5-8-18/h3-5,7-12H,2,6,13-17H2,1H3. The van der Waals surface area contributed by atoms with Gasteiger partial charge in [-0.2, -0.15) is 4.80 Å². The second-order valence-corrected chi connectivity index (χ2v) is 7.22. The van der Waals surface area contributed by atoms with E-state index in [0.717, 1.165) is 36.3 Å². The summed E-state index contributed by atoms with van der Waals surface area (Å²) in [5, 5.41) is 12.5. The first kappa shape index (κ1) is 19.9. The molecule has 30 heavy (non-hydrogen) atoms. The summed E-state index contributed by atoms with van der Waals surface area (Å²) in [5.74, 6) is 0.631. The molecule has 4 rings (SSSR count). The van der Waals surface area contributed by atoms with Gasteiger partial charge in [0.25, 0.3) is 0 Å². The first-order chi connectivity index (χ1) is 14.7. The summed E-state index contributed by atoms with van der Waals surface area (Å²) in [6.07, 6.45) is 0.648. The van der Waals surface area contributed by atoms with Crippen molar-refractivity contribution in [3.63, 3.8) is 0 Å². The Morgan fingerprint density at radius 3 is 2.53 bits per heavy atom. The van der Waals surface area contributed by atoms with Gasteiger partial charge in [-0.25, -0.2) is 4.79 Å². The van der Waals surface area contributed by atoms with Crippen molar-refractivity contribution < 1.29 is 9.53 Å². The number of rotatable bonds is 5. The Bertz CT molecular complexity index is 957. The summed E-state index contributed by atoms with van der Waals surface area (Å²) in [6.45, 7) is 5.99. The molecule has 1 fully saturated rings. The van der Waals surface area contributed by atoms with Crippen LogP contribution in [0.15, 0.2) is 54.6 Å². The molecule has 0 aliphatic carbocycles. The number of benzene rings is 2. The third-order valence-corrected chi connectivity index (χ3v) is 5.19. The van der Waals surface area contributed by atoms with Gasteiger partial charge in [-0.05, 0) is 48.4 Å². The van der Waals surface area contributed by atoms with E-state index in [-0.39, 0.29) is 6.09 Å². The monoisotopic (exact) mass is 406 g/mol. The van der Waals surface area contributed by atoms with Crippen LogP contribution >= 0.6 is 0 Å². The first-order valence-electron chi connectivity index (χ1n) is 10.3. The van der Waals surface area contributed by atoms with E-state index in [4.69, 9.17) is 4.74 Å². The number of amides is 1. The Kier molecular flexibility index (Phi) is 6.22. The number of hydrogen-bond acceptors (Lipinski definition) is 6. The lowest BCUT2D eigenvalue weighted by Crippen LogP contribution is -2.35. The molecule has 8 nitrogen and oxygen atoms in total. The third kappa shape index (κ3) is 4.76. The molecule has 0 N–H and O–H groups in total. The Balaban J connectivity index is 1.33. The van der Waals surface area contributed by atoms with Gasteiger partial charge in [-0.15, -0.1) is 10.2 Å². The van der Waals surface area contributed by atoms with Gasteiger partial charge in [-0.1, -0.05) is 30.3 Å². The summed E-state index contributed by atoms with van der Waals surface area (Å²) < 4.78 is 5.49. The first-order valence-corrected chi connectivity index (χ1v) is 10.3. The number of nitrogens with zero attached hydrogens (tertiary/aromatic N) is 6. The van der Waals surface area contributed by atoms with E-state index in [1.54, 1.807) is 9.70 Å². The highest BCUT2D eigenvalue weighted by Crippen LogP contribution is 2.21. The highest BCUT2D eigenvalue weighted by Gasteiger charge is 2.20. The Hall–Kier alpha value is -3.42. The van der Waals surface area contributed by atoms with Crippen molar-refractivity contribution in [2.45, 2.75) is 26.5 Å². The van der Waals surface area contributed by atoms with Crippen LogP contribution in [0.25, 0.3) is 11.4 Å². The van der Waals surface area contributed by atoms with Crippen LogP contribution < -0.4 is 4.90 Å². The summed E-state index contributed by atoms with van der Waals surface area (Å²) in [6, 6.07) is 17.9. The van der Waals surface area contributed by atoms with Gasteiger partial charge < -0.3 is 14.5 Å². The number of aromatic nitrogens is 4. The fourth-order valence-corrected chi connectivity index (χ4v) is 3.48. The van der Waals surface area contributed by atoms with Gasteiger partial charge in [0.2, 0.25) is 5.82 Å². The summed E-state index contributed by atoms with van der Waals surface area (Å²) in [5.41, 5.74) is 3.07. The molecule has 2 heterocycles. The van der Waals surface area contributed by atoms with Crippen molar-refractivity contribution in [1.29, 1.82) is 0 Å². The molecule has 3 aromatic rings. The summed E-state index contributed by atoms with van der Waals surface area (Å²) in [4.78, 5) is 18.1. The second kappa shape index (κ2) is 9.39. The van der Waals surface area contributed by atoms with Crippen LogP contribution in [0.4, 0.5) is 10.5 Å². The van der Waals surface area contributed by atoms with Gasteiger partial charge in [-0.3, -0.25) is 0 Å². The number of hydrogen-bond donors (Lipinski definition) is 0. The fraction of sp³-hybridized carbons (Fsp3) is 0.364. The van der Waals surface area contributed by atoms with Crippen LogP contribution in [-0.2, 0) is 17.9 Å². The summed E-state index contributed by atoms with van der Waals surface area (Å²) >= 11 is 0. The molecular weight excluding hydrogens is 380 g/mol. The lowest BCUT2D eigenvalue weighted by Gasteiger charge is -2.23. The molecule has 0 radical (unpaired) electrons. The number of anilines is 1. The van der Waals surface area contributed by atoms with Gasteiger partial charge in [0.15, 0.2) is 0 Å². The maximum Gasteiger partial charge on any atom is 0.410 e. The lowest BCUT2D eigenvalue weighted by atomic mass is 10.2. The van der Waals surface area contributed by atoms with Gasteiger partial charge in [0.1, 0.15) is 6.61 Å². The molecule has 1 amide bonds. The predicted octanol–water partition coefficient (Wildman–Crippen LogP) is 3.21. The SMILES string of the molecule is CCn1nnc(-c2ccc(N3CCCN(C(=O)OCc4ccccc4)CC3)cc2)n1. The van der Waals surface area contributed by atoms with Crippen molar-refractivity contribution in [1.82, 2.24) is 25.1 Å². The quantitative estimate of drug-likeness (QED) is 0.648.